The minimum atomic E-state index is -3.77. The molecule has 0 fully saturated rings. The summed E-state index contributed by atoms with van der Waals surface area (Å²) in [6.45, 7) is 26.5. The normalized spacial score (nSPS) is 16.7. The van der Waals surface area contributed by atoms with Crippen LogP contribution in [0.5, 0.6) is 0 Å². The number of rotatable bonds is 16. The Morgan fingerprint density at radius 2 is 1.12 bits per heavy atom. The first kappa shape index (κ1) is 33.7. The summed E-state index contributed by atoms with van der Waals surface area (Å²) in [6, 6.07) is 0. The van der Waals surface area contributed by atoms with Gasteiger partial charge in [0.1, 0.15) is 10.5 Å². The number of carbonyl (C=O) groups excluding carboxylic acids is 1. The van der Waals surface area contributed by atoms with Crippen LogP contribution in [0.2, 0.25) is 78.6 Å². The van der Waals surface area contributed by atoms with Crippen LogP contribution in [-0.2, 0) is 35.2 Å². The highest BCUT2D eigenvalue weighted by Gasteiger charge is 2.65. The first-order chi connectivity index (χ1) is 14.5. The molecule has 0 radical (unpaired) electrons. The zero-order valence-corrected chi connectivity index (χ0v) is 30.8. The van der Waals surface area contributed by atoms with Gasteiger partial charge in [-0.2, -0.15) is 0 Å². The van der Waals surface area contributed by atoms with Crippen LogP contribution in [0.1, 0.15) is 19.8 Å². The molecule has 0 heterocycles. The van der Waals surface area contributed by atoms with Gasteiger partial charge in [0.15, 0.2) is 45.2 Å². The van der Waals surface area contributed by atoms with Crippen molar-refractivity contribution in [2.45, 2.75) is 110 Å². The zero-order chi connectivity index (χ0) is 26.6. The van der Waals surface area contributed by atoms with Crippen molar-refractivity contribution in [3.05, 3.63) is 0 Å². The van der Waals surface area contributed by atoms with E-state index in [9.17, 15) is 4.79 Å². The number of aldehydes is 1. The van der Waals surface area contributed by atoms with Crippen LogP contribution in [0, 0.1) is 0 Å². The lowest BCUT2D eigenvalue weighted by atomic mass is 9.97. The molecule has 33 heavy (non-hydrogen) atoms. The van der Waals surface area contributed by atoms with Gasteiger partial charge in [0.2, 0.25) is 0 Å². The molecule has 198 valence electrons. The number of hydrogen-bond acceptors (Lipinski definition) is 8. The van der Waals surface area contributed by atoms with Crippen LogP contribution in [0.15, 0.2) is 0 Å². The second-order valence-corrected chi connectivity index (χ2v) is 34.0. The number of hydrogen-bond donors (Lipinski definition) is 0. The SMILES string of the molecule is CCCC(C=O)(O[Si](O[SiH3])(O[Si](C)(C)C)O[Si](C)(C)C)C(OC)(O[Si](C)(C)C)O[Si](C)(C)C. The van der Waals surface area contributed by atoms with Crippen molar-refractivity contribution in [3.8, 4) is 0 Å². The standard InChI is InChI=1S/C19H50O8Si6/c1-15-16-18(17-20,19(21-2,23-29(3,4)5)24-30(6,7)8)22-33(25-28,26-31(9,10)11)27-32(12,13)14/h17H,15-16H2,1-14,28H3. The Morgan fingerprint density at radius 3 is 1.33 bits per heavy atom. The van der Waals surface area contributed by atoms with Gasteiger partial charge >= 0.3 is 15.0 Å². The Hall–Kier alpha value is 0.691. The fraction of sp³-hybridized carbons (Fsp3) is 0.947. The van der Waals surface area contributed by atoms with Crippen molar-refractivity contribution in [2.24, 2.45) is 0 Å². The molecule has 0 aromatic heterocycles. The molecule has 0 aliphatic carbocycles. The third-order valence-corrected chi connectivity index (χ3v) is 15.2. The average molecular weight is 575 g/mol. The smallest absolute Gasteiger partial charge is 0.404 e. The third-order valence-electron chi connectivity index (χ3n) is 3.90. The van der Waals surface area contributed by atoms with E-state index in [1.54, 1.807) is 0 Å². The molecule has 0 saturated carbocycles. The largest absolute Gasteiger partial charge is 0.648 e. The summed E-state index contributed by atoms with van der Waals surface area (Å²) in [7, 11) is -10.9. The highest BCUT2D eigenvalue weighted by atomic mass is 28.5. The van der Waals surface area contributed by atoms with Crippen LogP contribution in [0.25, 0.3) is 0 Å². The summed E-state index contributed by atoms with van der Waals surface area (Å²) in [6.07, 6.45) is 1.67. The minimum Gasteiger partial charge on any atom is -0.404 e. The maximum atomic E-state index is 13.1. The molecule has 14 heteroatoms. The zero-order valence-electron chi connectivity index (χ0n) is 23.8. The lowest BCUT2D eigenvalue weighted by Crippen LogP contribution is -2.72. The van der Waals surface area contributed by atoms with Gasteiger partial charge in [-0.25, -0.2) is 0 Å². The van der Waals surface area contributed by atoms with Gasteiger partial charge in [0, 0.05) is 7.11 Å². The first-order valence-electron chi connectivity index (χ1n) is 11.6. The molecule has 0 N–H and O–H groups in total. The van der Waals surface area contributed by atoms with E-state index in [1.165, 1.54) is 7.11 Å². The van der Waals surface area contributed by atoms with Crippen molar-refractivity contribution in [1.82, 2.24) is 0 Å². The maximum Gasteiger partial charge on any atom is 0.648 e. The first-order valence-corrected chi connectivity index (χ1v) is 27.7. The predicted molar refractivity (Wildman–Crippen MR) is 149 cm³/mol. The van der Waals surface area contributed by atoms with Gasteiger partial charge in [-0.05, 0) is 85.0 Å². The van der Waals surface area contributed by atoms with Gasteiger partial charge in [0.05, 0.1) is 0 Å². The molecule has 1 unspecified atom stereocenters. The molecular weight excluding hydrogens is 525 g/mol. The Labute approximate surface area is 210 Å². The molecule has 0 aromatic carbocycles. The van der Waals surface area contributed by atoms with E-state index < -0.39 is 53.9 Å². The summed E-state index contributed by atoms with van der Waals surface area (Å²) < 4.78 is 45.0. The van der Waals surface area contributed by atoms with E-state index >= 15 is 0 Å². The summed E-state index contributed by atoms with van der Waals surface area (Å²) in [5.74, 6) is -1.75. The Balaban J connectivity index is 7.12. The molecule has 0 aliphatic heterocycles. The van der Waals surface area contributed by atoms with E-state index in [1.807, 2.05) is 46.2 Å². The molecule has 0 saturated heterocycles. The van der Waals surface area contributed by atoms with E-state index in [4.69, 9.17) is 30.4 Å². The molecule has 0 spiro atoms. The quantitative estimate of drug-likeness (QED) is 0.154. The van der Waals surface area contributed by atoms with E-state index in [0.29, 0.717) is 23.3 Å². The highest BCUT2D eigenvalue weighted by Crippen LogP contribution is 2.42. The monoisotopic (exact) mass is 574 g/mol. The number of carbonyl (C=O) groups is 1. The van der Waals surface area contributed by atoms with E-state index in [2.05, 4.69) is 39.3 Å². The van der Waals surface area contributed by atoms with Crippen LogP contribution in [0.4, 0.5) is 0 Å². The minimum absolute atomic E-state index is 0.295. The predicted octanol–water partition coefficient (Wildman–Crippen LogP) is 4.18. The van der Waals surface area contributed by atoms with Crippen molar-refractivity contribution in [2.75, 3.05) is 7.11 Å². The van der Waals surface area contributed by atoms with Gasteiger partial charge < -0.3 is 30.4 Å². The summed E-state index contributed by atoms with van der Waals surface area (Å²) in [4.78, 5) is 13.1. The third kappa shape index (κ3) is 11.1. The van der Waals surface area contributed by atoms with Crippen LogP contribution in [-0.4, -0.2) is 77.8 Å². The fourth-order valence-electron chi connectivity index (χ4n) is 3.21. The molecule has 0 aromatic rings. The molecule has 1 atom stereocenters. The van der Waals surface area contributed by atoms with Crippen molar-refractivity contribution in [1.29, 1.82) is 0 Å². The Morgan fingerprint density at radius 1 is 0.727 bits per heavy atom. The summed E-state index contributed by atoms with van der Waals surface area (Å²) >= 11 is 0. The topological polar surface area (TPSA) is 81.7 Å². The van der Waals surface area contributed by atoms with Gasteiger partial charge in [-0.15, -0.1) is 0 Å². The number of ether oxygens (including phenoxy) is 1. The van der Waals surface area contributed by atoms with Gasteiger partial charge in [-0.3, -0.25) is 4.79 Å². The molecule has 0 amide bonds. The van der Waals surface area contributed by atoms with Gasteiger partial charge in [0.25, 0.3) is 0 Å². The molecule has 0 rings (SSSR count). The molecule has 0 aliphatic rings. The Bertz CT molecular complexity index is 592. The van der Waals surface area contributed by atoms with Crippen molar-refractivity contribution >= 4 is 59.1 Å². The Kier molecular flexibility index (Phi) is 12.1. The van der Waals surface area contributed by atoms with Crippen LogP contribution >= 0.6 is 0 Å². The van der Waals surface area contributed by atoms with Crippen LogP contribution < -0.4 is 0 Å². The second kappa shape index (κ2) is 11.8. The lowest BCUT2D eigenvalue weighted by molar-refractivity contribution is -0.366. The highest BCUT2D eigenvalue weighted by molar-refractivity contribution is 6.84. The summed E-state index contributed by atoms with van der Waals surface area (Å²) in [5, 5.41) is 0. The lowest BCUT2D eigenvalue weighted by Gasteiger charge is -2.52. The molecule has 8 nitrogen and oxygen atoms in total. The van der Waals surface area contributed by atoms with Crippen molar-refractivity contribution < 1.29 is 35.2 Å². The van der Waals surface area contributed by atoms with E-state index in [0.717, 1.165) is 6.29 Å². The van der Waals surface area contributed by atoms with E-state index in [-0.39, 0.29) is 0 Å². The maximum absolute atomic E-state index is 13.1. The van der Waals surface area contributed by atoms with Gasteiger partial charge in [-0.1, -0.05) is 13.3 Å². The number of methoxy groups -OCH3 is 1. The van der Waals surface area contributed by atoms with Crippen LogP contribution in [0.3, 0.4) is 0 Å². The average Bonchev–Trinajstić information content (AvgIpc) is 2.54. The van der Waals surface area contributed by atoms with Crippen molar-refractivity contribution in [3.63, 3.8) is 0 Å². The molecule has 0 bridgehead atoms. The molecular formula is C19H50O8Si6. The second-order valence-electron chi connectivity index (χ2n) is 12.2. The fourth-order valence-corrected chi connectivity index (χ4v) is 15.6. The summed E-state index contributed by atoms with van der Waals surface area (Å²) in [5.41, 5.74) is -1.63.